The largest absolute Gasteiger partial charge is 0.320 e. The highest BCUT2D eigenvalue weighted by Crippen LogP contribution is 2.19. The molecule has 0 aliphatic carbocycles. The van der Waals surface area contributed by atoms with Crippen LogP contribution in [0.15, 0.2) is 28.3 Å². The van der Waals surface area contributed by atoms with Gasteiger partial charge in [-0.15, -0.1) is 11.3 Å². The summed E-state index contributed by atoms with van der Waals surface area (Å²) in [7, 11) is 2.14. The zero-order chi connectivity index (χ0) is 12.8. The molecule has 0 unspecified atom stereocenters. The van der Waals surface area contributed by atoms with Gasteiger partial charge in [0.25, 0.3) is 0 Å². The second-order valence-corrected chi connectivity index (χ2v) is 5.85. The van der Waals surface area contributed by atoms with Crippen LogP contribution in [0.2, 0.25) is 0 Å². The molecule has 0 spiro atoms. The van der Waals surface area contributed by atoms with Crippen LogP contribution in [0.25, 0.3) is 0 Å². The van der Waals surface area contributed by atoms with Gasteiger partial charge in [0.05, 0.1) is 6.54 Å². The Kier molecular flexibility index (Phi) is 4.97. The summed E-state index contributed by atoms with van der Waals surface area (Å²) in [5, 5.41) is 6.40. The summed E-state index contributed by atoms with van der Waals surface area (Å²) in [5.41, 5.74) is 7.89. The van der Waals surface area contributed by atoms with E-state index in [1.165, 1.54) is 10.4 Å². The van der Waals surface area contributed by atoms with Crippen molar-refractivity contribution in [2.75, 3.05) is 13.6 Å². The van der Waals surface area contributed by atoms with E-state index in [0.29, 0.717) is 6.54 Å². The van der Waals surface area contributed by atoms with Crippen molar-refractivity contribution in [3.05, 3.63) is 44.3 Å². The van der Waals surface area contributed by atoms with E-state index in [1.807, 2.05) is 0 Å². The van der Waals surface area contributed by atoms with Gasteiger partial charge in [0, 0.05) is 23.5 Å². The number of nitrogens with two attached hydrogens (primary N) is 1. The van der Waals surface area contributed by atoms with Crippen LogP contribution in [0, 0.1) is 11.8 Å². The lowest BCUT2D eigenvalue weighted by atomic mass is 10.2. The Balaban J connectivity index is 1.98. The third-order valence-corrected chi connectivity index (χ3v) is 4.15. The summed E-state index contributed by atoms with van der Waals surface area (Å²) in [5.74, 6) is 6.05. The van der Waals surface area contributed by atoms with Gasteiger partial charge in [0.15, 0.2) is 0 Å². The highest BCUT2D eigenvalue weighted by molar-refractivity contribution is 7.10. The molecule has 2 N–H and O–H groups in total. The SMILES string of the molecule is CN(Cc1ccsc1)Cc1sccc1C#CCN. The quantitative estimate of drug-likeness (QED) is 0.870. The number of hydrogen-bond acceptors (Lipinski definition) is 4. The van der Waals surface area contributed by atoms with Crippen LogP contribution in [-0.4, -0.2) is 18.5 Å². The topological polar surface area (TPSA) is 29.3 Å². The van der Waals surface area contributed by atoms with E-state index < -0.39 is 0 Å². The van der Waals surface area contributed by atoms with E-state index in [0.717, 1.165) is 18.7 Å². The number of nitrogens with zero attached hydrogens (tertiary/aromatic N) is 1. The molecule has 2 aromatic rings. The molecule has 94 valence electrons. The third kappa shape index (κ3) is 3.69. The molecule has 0 aliphatic rings. The predicted octanol–water partition coefficient (Wildman–Crippen LogP) is 2.75. The van der Waals surface area contributed by atoms with E-state index in [9.17, 15) is 0 Å². The average molecular weight is 276 g/mol. The number of thiophene rings is 2. The van der Waals surface area contributed by atoms with Crippen LogP contribution in [0.3, 0.4) is 0 Å². The highest BCUT2D eigenvalue weighted by Gasteiger charge is 2.06. The first kappa shape index (κ1) is 13.3. The van der Waals surface area contributed by atoms with E-state index >= 15 is 0 Å². The molecule has 0 atom stereocenters. The van der Waals surface area contributed by atoms with Crippen molar-refractivity contribution < 1.29 is 0 Å². The first-order chi connectivity index (χ1) is 8.79. The molecule has 18 heavy (non-hydrogen) atoms. The second-order valence-electron chi connectivity index (χ2n) is 4.07. The molecule has 0 aliphatic heterocycles. The van der Waals surface area contributed by atoms with E-state index in [4.69, 9.17) is 5.73 Å². The molecule has 0 radical (unpaired) electrons. The Bertz CT molecular complexity index is 532. The molecule has 0 amide bonds. The zero-order valence-electron chi connectivity index (χ0n) is 10.3. The van der Waals surface area contributed by atoms with Crippen LogP contribution >= 0.6 is 22.7 Å². The fourth-order valence-corrected chi connectivity index (χ4v) is 3.29. The Morgan fingerprint density at radius 3 is 2.89 bits per heavy atom. The minimum Gasteiger partial charge on any atom is -0.320 e. The van der Waals surface area contributed by atoms with Gasteiger partial charge < -0.3 is 5.73 Å². The smallest absolute Gasteiger partial charge is 0.0555 e. The van der Waals surface area contributed by atoms with Crippen molar-refractivity contribution in [1.29, 1.82) is 0 Å². The Morgan fingerprint density at radius 1 is 1.28 bits per heavy atom. The minimum atomic E-state index is 0.417. The van der Waals surface area contributed by atoms with Gasteiger partial charge >= 0.3 is 0 Å². The third-order valence-electron chi connectivity index (χ3n) is 2.52. The summed E-state index contributed by atoms with van der Waals surface area (Å²) < 4.78 is 0. The van der Waals surface area contributed by atoms with Crippen LogP contribution in [0.4, 0.5) is 0 Å². The summed E-state index contributed by atoms with van der Waals surface area (Å²) in [4.78, 5) is 3.62. The molecular formula is C14H16N2S2. The Hall–Kier alpha value is -1.12. The van der Waals surface area contributed by atoms with Gasteiger partial charge in [-0.3, -0.25) is 4.90 Å². The first-order valence-corrected chi connectivity index (χ1v) is 7.56. The fraction of sp³-hybridized carbons (Fsp3) is 0.286. The molecule has 0 aromatic carbocycles. The summed E-state index contributed by atoms with van der Waals surface area (Å²) in [6, 6.07) is 4.24. The normalized spacial score (nSPS) is 10.4. The molecular weight excluding hydrogens is 260 g/mol. The van der Waals surface area contributed by atoms with E-state index in [-0.39, 0.29) is 0 Å². The number of hydrogen-bond donors (Lipinski definition) is 1. The molecule has 0 saturated heterocycles. The molecule has 2 rings (SSSR count). The molecule has 2 heterocycles. The standard InChI is InChI=1S/C14H16N2S2/c1-16(9-12-4-7-17-11-12)10-14-13(3-2-6-15)5-8-18-14/h4-5,7-8,11H,6,9-10,15H2,1H3. The maximum absolute atomic E-state index is 5.41. The Labute approximate surface area is 116 Å². The lowest BCUT2D eigenvalue weighted by molar-refractivity contribution is 0.322. The zero-order valence-corrected chi connectivity index (χ0v) is 12.0. The van der Waals surface area contributed by atoms with Gasteiger partial charge in [-0.25, -0.2) is 0 Å². The molecule has 2 aromatic heterocycles. The van der Waals surface area contributed by atoms with Crippen molar-refractivity contribution >= 4 is 22.7 Å². The van der Waals surface area contributed by atoms with Gasteiger partial charge in [-0.2, -0.15) is 11.3 Å². The lowest BCUT2D eigenvalue weighted by Gasteiger charge is -2.15. The minimum absolute atomic E-state index is 0.417. The predicted molar refractivity (Wildman–Crippen MR) is 79.7 cm³/mol. The maximum Gasteiger partial charge on any atom is 0.0555 e. The van der Waals surface area contributed by atoms with Gasteiger partial charge in [0.2, 0.25) is 0 Å². The van der Waals surface area contributed by atoms with Gasteiger partial charge in [0.1, 0.15) is 0 Å². The molecule has 2 nitrogen and oxygen atoms in total. The van der Waals surface area contributed by atoms with Crippen LogP contribution in [0.1, 0.15) is 16.0 Å². The molecule has 0 saturated carbocycles. The van der Waals surface area contributed by atoms with E-state index in [1.54, 1.807) is 22.7 Å². The Morgan fingerprint density at radius 2 is 2.17 bits per heavy atom. The van der Waals surface area contributed by atoms with E-state index in [2.05, 4.69) is 52.1 Å². The van der Waals surface area contributed by atoms with Crippen LogP contribution in [-0.2, 0) is 13.1 Å². The summed E-state index contributed by atoms with van der Waals surface area (Å²) >= 11 is 3.50. The number of rotatable bonds is 4. The van der Waals surface area contributed by atoms with Gasteiger partial charge in [-0.1, -0.05) is 11.8 Å². The second kappa shape index (κ2) is 6.72. The molecule has 4 heteroatoms. The van der Waals surface area contributed by atoms with Crippen LogP contribution < -0.4 is 5.73 Å². The van der Waals surface area contributed by atoms with Crippen molar-refractivity contribution in [3.63, 3.8) is 0 Å². The van der Waals surface area contributed by atoms with Gasteiger partial charge in [-0.05, 0) is 40.9 Å². The first-order valence-electron chi connectivity index (χ1n) is 5.74. The van der Waals surface area contributed by atoms with Crippen molar-refractivity contribution in [3.8, 4) is 11.8 Å². The van der Waals surface area contributed by atoms with Crippen molar-refractivity contribution in [1.82, 2.24) is 4.90 Å². The van der Waals surface area contributed by atoms with Crippen LogP contribution in [0.5, 0.6) is 0 Å². The monoisotopic (exact) mass is 276 g/mol. The average Bonchev–Trinajstić information content (AvgIpc) is 2.98. The highest BCUT2D eigenvalue weighted by atomic mass is 32.1. The molecule has 0 bridgehead atoms. The fourth-order valence-electron chi connectivity index (χ4n) is 1.72. The summed E-state index contributed by atoms with van der Waals surface area (Å²) in [6.45, 7) is 2.33. The molecule has 0 fully saturated rings. The lowest BCUT2D eigenvalue weighted by Crippen LogP contribution is -2.16. The van der Waals surface area contributed by atoms with Crippen molar-refractivity contribution in [2.45, 2.75) is 13.1 Å². The maximum atomic E-state index is 5.41. The summed E-state index contributed by atoms with van der Waals surface area (Å²) in [6.07, 6.45) is 0. The van der Waals surface area contributed by atoms with Crippen molar-refractivity contribution in [2.24, 2.45) is 5.73 Å².